The number of aliphatic hydroxyl groups excluding tert-OH is 5. The Hall–Kier alpha value is -0.580. The van der Waals surface area contributed by atoms with Crippen molar-refractivity contribution in [1.29, 1.82) is 0 Å². The summed E-state index contributed by atoms with van der Waals surface area (Å²) in [5.74, 6) is 3.09. The van der Waals surface area contributed by atoms with Crippen LogP contribution in [0.15, 0.2) is 11.6 Å². The Balaban J connectivity index is 0.000000244. The van der Waals surface area contributed by atoms with Gasteiger partial charge in [0.2, 0.25) is 5.79 Å². The molecule has 1 saturated heterocycles. The summed E-state index contributed by atoms with van der Waals surface area (Å²) in [4.78, 5) is 0. The summed E-state index contributed by atoms with van der Waals surface area (Å²) < 4.78 is 9.18. The topological polar surface area (TPSA) is 140 Å². The molecule has 4 aliphatic carbocycles. The number of ether oxygens (including phenoxy) is 2. The molecule has 4 fully saturated rings. The molecule has 0 spiro atoms. The lowest BCUT2D eigenvalue weighted by atomic mass is 9.47. The molecule has 244 valence electrons. The Labute approximate surface area is 253 Å². The second-order valence-corrected chi connectivity index (χ2v) is 15.3. The molecule has 3 saturated carbocycles. The molecule has 1 heterocycles. The number of allylic oxidation sites excluding steroid dienone is 1. The third kappa shape index (κ3) is 6.39. The number of hydrogen-bond donors (Lipinski definition) is 6. The Morgan fingerprint density at radius 1 is 0.976 bits per heavy atom. The maximum atomic E-state index is 10.2. The van der Waals surface area contributed by atoms with Crippen LogP contribution in [0, 0.1) is 46.3 Å². The summed E-state index contributed by atoms with van der Waals surface area (Å²) in [6.07, 6.45) is 11.1. The number of rotatable bonds is 7. The molecule has 6 N–H and O–H groups in total. The number of hydrogen-bond acceptors (Lipinski definition) is 8. The fourth-order valence-electron chi connectivity index (χ4n) is 10.0. The van der Waals surface area contributed by atoms with Crippen molar-refractivity contribution in [3.8, 4) is 0 Å². The summed E-state index contributed by atoms with van der Waals surface area (Å²) in [5.41, 5.74) is 2.60. The normalized spacial score (nSPS) is 47.5. The highest BCUT2D eigenvalue weighted by Gasteiger charge is 2.59. The van der Waals surface area contributed by atoms with Crippen molar-refractivity contribution in [3.63, 3.8) is 0 Å². The molecule has 5 aliphatic rings. The van der Waals surface area contributed by atoms with E-state index >= 15 is 0 Å². The standard InChI is InChI=1S/C27H46O.C7H14O7/c1-18(2)7-6-8-19(3)23-11-12-24-22-10-9-20-17-21(28)13-15-26(20,4)25(22)14-16-27(23,24)5;1-13-4-3(9)5(10)7(12,2-8)14-6(4)11/h9,18-19,21-25,28H,6-8,10-17H2,1-5H3;3-6,8-12H,2H2,1H3/t19-,21+,22+,23-,24+,25+,26+,27-;3-,4-,5-,6?,7?/m11/s1. The Morgan fingerprint density at radius 3 is 2.33 bits per heavy atom. The first-order valence-electron chi connectivity index (χ1n) is 16.7. The lowest BCUT2D eigenvalue weighted by molar-refractivity contribution is -0.392. The van der Waals surface area contributed by atoms with Crippen molar-refractivity contribution < 1.29 is 40.1 Å². The average molecular weight is 597 g/mol. The van der Waals surface area contributed by atoms with Crippen molar-refractivity contribution in [2.75, 3.05) is 13.7 Å². The highest BCUT2D eigenvalue weighted by molar-refractivity contribution is 5.25. The van der Waals surface area contributed by atoms with E-state index in [-0.39, 0.29) is 6.10 Å². The average Bonchev–Trinajstić information content (AvgIpc) is 3.30. The van der Waals surface area contributed by atoms with E-state index in [1.54, 1.807) is 5.57 Å². The van der Waals surface area contributed by atoms with Gasteiger partial charge in [-0.05, 0) is 97.7 Å². The van der Waals surface area contributed by atoms with Crippen LogP contribution in [0.4, 0.5) is 0 Å². The second kappa shape index (κ2) is 13.4. The van der Waals surface area contributed by atoms with Crippen molar-refractivity contribution in [1.82, 2.24) is 0 Å². The molecule has 0 aromatic rings. The van der Waals surface area contributed by atoms with Gasteiger partial charge in [-0.15, -0.1) is 0 Å². The Kier molecular flexibility index (Phi) is 11.0. The molecule has 0 bridgehead atoms. The molecule has 0 radical (unpaired) electrons. The van der Waals surface area contributed by atoms with Crippen LogP contribution in [0.1, 0.15) is 105 Å². The molecule has 0 amide bonds. The molecule has 0 aromatic heterocycles. The van der Waals surface area contributed by atoms with Gasteiger partial charge in [0.1, 0.15) is 18.3 Å². The zero-order chi connectivity index (χ0) is 31.0. The summed E-state index contributed by atoms with van der Waals surface area (Å²) in [5, 5.41) is 56.3. The monoisotopic (exact) mass is 596 g/mol. The van der Waals surface area contributed by atoms with E-state index in [0.717, 1.165) is 48.3 Å². The van der Waals surface area contributed by atoms with Crippen molar-refractivity contribution in [3.05, 3.63) is 11.6 Å². The van der Waals surface area contributed by atoms with Crippen LogP contribution in [0.2, 0.25) is 0 Å². The highest BCUT2D eigenvalue weighted by atomic mass is 16.7. The largest absolute Gasteiger partial charge is 0.393 e. The smallest absolute Gasteiger partial charge is 0.221 e. The maximum absolute atomic E-state index is 10.2. The van der Waals surface area contributed by atoms with Gasteiger partial charge in [-0.1, -0.05) is 65.5 Å². The fraction of sp³-hybridized carbons (Fsp3) is 0.941. The van der Waals surface area contributed by atoms with Crippen LogP contribution < -0.4 is 0 Å². The number of methoxy groups -OCH3 is 1. The summed E-state index contributed by atoms with van der Waals surface area (Å²) in [6, 6.07) is 0. The van der Waals surface area contributed by atoms with Gasteiger partial charge in [0, 0.05) is 7.11 Å². The highest BCUT2D eigenvalue weighted by Crippen LogP contribution is 2.67. The molecule has 5 rings (SSSR count). The molecular formula is C34H60O8. The van der Waals surface area contributed by atoms with E-state index in [1.165, 1.54) is 64.9 Å². The Morgan fingerprint density at radius 2 is 1.69 bits per heavy atom. The summed E-state index contributed by atoms with van der Waals surface area (Å²) >= 11 is 0. The maximum Gasteiger partial charge on any atom is 0.221 e. The first kappa shape index (κ1) is 34.3. The lowest BCUT2D eigenvalue weighted by Gasteiger charge is -2.58. The molecule has 13 atom stereocenters. The van der Waals surface area contributed by atoms with Crippen LogP contribution in [0.25, 0.3) is 0 Å². The van der Waals surface area contributed by atoms with Crippen LogP contribution in [0.3, 0.4) is 0 Å². The third-order valence-corrected chi connectivity index (χ3v) is 12.5. The van der Waals surface area contributed by atoms with E-state index in [1.807, 2.05) is 0 Å². The zero-order valence-corrected chi connectivity index (χ0v) is 26.9. The van der Waals surface area contributed by atoms with E-state index in [4.69, 9.17) is 5.11 Å². The molecule has 1 aliphatic heterocycles. The minimum atomic E-state index is -2.37. The molecule has 0 aromatic carbocycles. The first-order chi connectivity index (χ1) is 19.7. The quantitative estimate of drug-likeness (QED) is 0.241. The number of aliphatic hydroxyl groups is 6. The Bertz CT molecular complexity index is 925. The van der Waals surface area contributed by atoms with Gasteiger partial charge in [0.15, 0.2) is 6.29 Å². The second-order valence-electron chi connectivity index (χ2n) is 15.3. The van der Waals surface area contributed by atoms with E-state index < -0.39 is 37.0 Å². The van der Waals surface area contributed by atoms with Gasteiger partial charge in [-0.2, -0.15) is 0 Å². The SMILES string of the molecule is CC(C)CCC[C@@H](C)[C@H]1CC[C@H]2[C@@H]3CC=C4C[C@@H](O)CC[C@]4(C)[C@H]3CC[C@]12C.CO[C@H]1C(O)OC(O)(CO)[C@H](O)[C@@H]1O. The first-order valence-corrected chi connectivity index (χ1v) is 16.7. The fourth-order valence-corrected chi connectivity index (χ4v) is 10.0. The van der Waals surface area contributed by atoms with Crippen LogP contribution in [-0.2, 0) is 9.47 Å². The van der Waals surface area contributed by atoms with Crippen molar-refractivity contribution in [2.45, 2.75) is 142 Å². The van der Waals surface area contributed by atoms with Crippen molar-refractivity contribution in [2.24, 2.45) is 46.3 Å². The van der Waals surface area contributed by atoms with Gasteiger partial charge in [0.05, 0.1) is 12.7 Å². The lowest BCUT2D eigenvalue weighted by Crippen LogP contribution is -2.66. The minimum Gasteiger partial charge on any atom is -0.393 e. The number of fused-ring (bicyclic) bond motifs is 5. The summed E-state index contributed by atoms with van der Waals surface area (Å²) in [7, 11) is 1.20. The van der Waals surface area contributed by atoms with E-state index in [9.17, 15) is 25.5 Å². The minimum absolute atomic E-state index is 0.0766. The van der Waals surface area contributed by atoms with E-state index in [2.05, 4.69) is 50.2 Å². The molecule has 42 heavy (non-hydrogen) atoms. The molecule has 8 heteroatoms. The predicted octanol–water partition coefficient (Wildman–Crippen LogP) is 4.14. The van der Waals surface area contributed by atoms with Crippen LogP contribution in [-0.4, -0.2) is 80.8 Å². The van der Waals surface area contributed by atoms with Gasteiger partial charge in [0.25, 0.3) is 0 Å². The van der Waals surface area contributed by atoms with Gasteiger partial charge >= 0.3 is 0 Å². The summed E-state index contributed by atoms with van der Waals surface area (Å²) in [6.45, 7) is 11.6. The van der Waals surface area contributed by atoms with Crippen molar-refractivity contribution >= 4 is 0 Å². The van der Waals surface area contributed by atoms with Gasteiger partial charge < -0.3 is 40.1 Å². The van der Waals surface area contributed by atoms with Gasteiger partial charge in [-0.3, -0.25) is 0 Å². The zero-order valence-electron chi connectivity index (χ0n) is 26.9. The van der Waals surface area contributed by atoms with Crippen LogP contribution in [0.5, 0.6) is 0 Å². The molecule has 2 unspecified atom stereocenters. The molecule has 8 nitrogen and oxygen atoms in total. The molecular weight excluding hydrogens is 536 g/mol. The third-order valence-electron chi connectivity index (χ3n) is 12.5. The van der Waals surface area contributed by atoms with Crippen LogP contribution >= 0.6 is 0 Å². The predicted molar refractivity (Wildman–Crippen MR) is 161 cm³/mol. The van der Waals surface area contributed by atoms with E-state index in [0.29, 0.717) is 10.8 Å². The van der Waals surface area contributed by atoms with Gasteiger partial charge in [-0.25, -0.2) is 0 Å².